The van der Waals surface area contributed by atoms with Gasteiger partial charge in [0.2, 0.25) is 12.1 Å². The molecule has 0 aromatic heterocycles. The zero-order valence-electron chi connectivity index (χ0n) is 16.0. The highest BCUT2D eigenvalue weighted by Gasteiger charge is 2.30. The van der Waals surface area contributed by atoms with Crippen LogP contribution in [0.5, 0.6) is 0 Å². The summed E-state index contributed by atoms with van der Waals surface area (Å²) in [5.74, 6) is -2.88. The number of hydrogen-bond donors (Lipinski definition) is 2. The fourth-order valence-electron chi connectivity index (χ4n) is 2.96. The summed E-state index contributed by atoms with van der Waals surface area (Å²) in [6, 6.07) is 6.13. The third-order valence-corrected chi connectivity index (χ3v) is 4.79. The average molecular weight is 424 g/mol. The molecule has 0 bridgehead atoms. The van der Waals surface area contributed by atoms with E-state index in [0.717, 1.165) is 36.1 Å². The van der Waals surface area contributed by atoms with Gasteiger partial charge in [0.15, 0.2) is 0 Å². The van der Waals surface area contributed by atoms with Crippen molar-refractivity contribution in [2.24, 2.45) is 0 Å². The Labute approximate surface area is 173 Å². The predicted octanol–water partition coefficient (Wildman–Crippen LogP) is 3.39. The molecule has 1 amide bonds. The SMILES string of the molecule is COC(=O)[C@@H](F)[C@@H](Cc1ccc(C2=CCCC(Cl)=C2)cc1)NC(=O)CCC(=O)O. The smallest absolute Gasteiger partial charge is 0.342 e. The van der Waals surface area contributed by atoms with Crippen molar-refractivity contribution in [3.05, 3.63) is 52.6 Å². The van der Waals surface area contributed by atoms with Crippen LogP contribution < -0.4 is 5.32 Å². The summed E-state index contributed by atoms with van der Waals surface area (Å²) in [5, 5.41) is 11.9. The molecule has 1 aromatic carbocycles. The van der Waals surface area contributed by atoms with Gasteiger partial charge in [-0.2, -0.15) is 0 Å². The van der Waals surface area contributed by atoms with Crippen molar-refractivity contribution in [2.45, 2.75) is 44.3 Å². The van der Waals surface area contributed by atoms with Crippen molar-refractivity contribution in [3.63, 3.8) is 0 Å². The molecule has 0 radical (unpaired) electrons. The second-order valence-electron chi connectivity index (χ2n) is 6.68. The van der Waals surface area contributed by atoms with Crippen LogP contribution in [0.25, 0.3) is 5.57 Å². The number of hydrogen-bond acceptors (Lipinski definition) is 4. The van der Waals surface area contributed by atoms with Crippen molar-refractivity contribution in [3.8, 4) is 0 Å². The second kappa shape index (κ2) is 10.8. The molecule has 0 heterocycles. The van der Waals surface area contributed by atoms with Crippen molar-refractivity contribution < 1.29 is 28.6 Å². The van der Waals surface area contributed by atoms with E-state index in [2.05, 4.69) is 16.1 Å². The highest BCUT2D eigenvalue weighted by atomic mass is 35.5. The van der Waals surface area contributed by atoms with Gasteiger partial charge in [0.05, 0.1) is 19.6 Å². The molecule has 0 saturated carbocycles. The third kappa shape index (κ3) is 7.02. The number of amides is 1. The van der Waals surface area contributed by atoms with Crippen LogP contribution in [0.2, 0.25) is 0 Å². The Morgan fingerprint density at radius 3 is 2.52 bits per heavy atom. The fourth-order valence-corrected chi connectivity index (χ4v) is 3.18. The fraction of sp³-hybridized carbons (Fsp3) is 0.381. The van der Waals surface area contributed by atoms with Crippen LogP contribution in [0.3, 0.4) is 0 Å². The lowest BCUT2D eigenvalue weighted by Gasteiger charge is -2.21. The lowest BCUT2D eigenvalue weighted by atomic mass is 9.96. The Hall–Kier alpha value is -2.67. The van der Waals surface area contributed by atoms with Crippen LogP contribution >= 0.6 is 11.6 Å². The lowest BCUT2D eigenvalue weighted by Crippen LogP contribution is -2.46. The molecule has 2 N–H and O–H groups in total. The van der Waals surface area contributed by atoms with E-state index in [1.807, 2.05) is 18.2 Å². The molecule has 156 valence electrons. The highest BCUT2D eigenvalue weighted by molar-refractivity contribution is 6.30. The highest BCUT2D eigenvalue weighted by Crippen LogP contribution is 2.27. The lowest BCUT2D eigenvalue weighted by molar-refractivity contribution is -0.148. The molecule has 8 heteroatoms. The number of carbonyl (C=O) groups excluding carboxylic acids is 2. The zero-order valence-corrected chi connectivity index (χ0v) is 16.7. The zero-order chi connectivity index (χ0) is 21.4. The number of alkyl halides is 1. The van der Waals surface area contributed by atoms with Crippen molar-refractivity contribution in [1.29, 1.82) is 0 Å². The number of allylic oxidation sites excluding steroid dienone is 4. The van der Waals surface area contributed by atoms with Crippen LogP contribution in [0.4, 0.5) is 4.39 Å². The Bertz CT molecular complexity index is 819. The summed E-state index contributed by atoms with van der Waals surface area (Å²) in [4.78, 5) is 34.2. The van der Waals surface area contributed by atoms with Crippen LogP contribution in [-0.2, 0) is 25.5 Å². The minimum Gasteiger partial charge on any atom is -0.481 e. The quantitative estimate of drug-likeness (QED) is 0.594. The molecule has 0 unspecified atom stereocenters. The van der Waals surface area contributed by atoms with E-state index in [0.29, 0.717) is 5.56 Å². The maximum atomic E-state index is 14.5. The molecule has 6 nitrogen and oxygen atoms in total. The van der Waals surface area contributed by atoms with Gasteiger partial charge in [-0.15, -0.1) is 0 Å². The number of methoxy groups -OCH3 is 1. The largest absolute Gasteiger partial charge is 0.481 e. The minimum atomic E-state index is -2.07. The number of ether oxygens (including phenoxy) is 1. The molecule has 0 saturated heterocycles. The van der Waals surface area contributed by atoms with Gasteiger partial charge in [-0.05, 0) is 42.0 Å². The van der Waals surface area contributed by atoms with Gasteiger partial charge >= 0.3 is 11.9 Å². The monoisotopic (exact) mass is 423 g/mol. The van der Waals surface area contributed by atoms with E-state index in [1.165, 1.54) is 0 Å². The standard InChI is InChI=1S/C21H23ClFNO5/c1-29-21(28)20(23)17(24-18(25)9-10-19(26)27)11-13-5-7-14(8-6-13)15-3-2-4-16(22)12-15/h3,5-8,12,17,20H,2,4,9-11H2,1H3,(H,24,25)(H,26,27)/t17-,20+/m1/s1. The second-order valence-corrected chi connectivity index (χ2v) is 7.17. The first-order valence-corrected chi connectivity index (χ1v) is 9.56. The molecule has 2 rings (SSSR count). The number of nitrogens with one attached hydrogen (secondary N) is 1. The Morgan fingerprint density at radius 1 is 1.24 bits per heavy atom. The molecular formula is C21H23ClFNO5. The van der Waals surface area contributed by atoms with E-state index in [9.17, 15) is 18.8 Å². The van der Waals surface area contributed by atoms with E-state index in [4.69, 9.17) is 16.7 Å². The normalized spacial score (nSPS) is 15.6. The summed E-state index contributed by atoms with van der Waals surface area (Å²) in [6.07, 6.45) is 2.95. The van der Waals surface area contributed by atoms with Gasteiger partial charge in [0.25, 0.3) is 0 Å². The van der Waals surface area contributed by atoms with Gasteiger partial charge < -0.3 is 15.2 Å². The molecule has 0 spiro atoms. The molecule has 1 aromatic rings. The van der Waals surface area contributed by atoms with Gasteiger partial charge in [0, 0.05) is 11.5 Å². The van der Waals surface area contributed by atoms with Crippen LogP contribution in [0.15, 0.2) is 41.4 Å². The predicted molar refractivity (Wildman–Crippen MR) is 107 cm³/mol. The summed E-state index contributed by atoms with van der Waals surface area (Å²) in [7, 11) is 1.06. The van der Waals surface area contributed by atoms with Gasteiger partial charge in [-0.3, -0.25) is 9.59 Å². The number of carboxylic acids is 1. The van der Waals surface area contributed by atoms with Crippen molar-refractivity contribution >= 4 is 35.0 Å². The molecule has 1 aliphatic rings. The maximum absolute atomic E-state index is 14.5. The molecule has 2 atom stereocenters. The first-order valence-electron chi connectivity index (χ1n) is 9.18. The van der Waals surface area contributed by atoms with Gasteiger partial charge in [-0.25, -0.2) is 9.18 Å². The maximum Gasteiger partial charge on any atom is 0.342 e. The van der Waals surface area contributed by atoms with Crippen LogP contribution in [0, 0.1) is 0 Å². The molecule has 29 heavy (non-hydrogen) atoms. The number of aliphatic carboxylic acids is 1. The molecular weight excluding hydrogens is 401 g/mol. The first kappa shape index (κ1) is 22.6. The van der Waals surface area contributed by atoms with Crippen LogP contribution in [0.1, 0.15) is 36.8 Å². The average Bonchev–Trinajstić information content (AvgIpc) is 2.71. The van der Waals surface area contributed by atoms with Gasteiger partial charge in [-0.1, -0.05) is 41.9 Å². The van der Waals surface area contributed by atoms with Crippen molar-refractivity contribution in [1.82, 2.24) is 5.32 Å². The summed E-state index contributed by atoms with van der Waals surface area (Å²) >= 11 is 6.09. The van der Waals surface area contributed by atoms with E-state index in [-0.39, 0.29) is 19.3 Å². The van der Waals surface area contributed by atoms with E-state index >= 15 is 0 Å². The summed E-state index contributed by atoms with van der Waals surface area (Å²) < 4.78 is 18.9. The molecule has 0 fully saturated rings. The van der Waals surface area contributed by atoms with E-state index < -0.39 is 30.1 Å². The summed E-state index contributed by atoms with van der Waals surface area (Å²) in [6.45, 7) is 0. The van der Waals surface area contributed by atoms with Crippen LogP contribution in [-0.4, -0.2) is 42.3 Å². The third-order valence-electron chi connectivity index (χ3n) is 4.49. The summed E-state index contributed by atoms with van der Waals surface area (Å²) in [5.41, 5.74) is 2.66. The minimum absolute atomic E-state index is 0.0466. The Morgan fingerprint density at radius 2 is 1.93 bits per heavy atom. The Kier molecular flexibility index (Phi) is 8.39. The number of esters is 1. The Balaban J connectivity index is 2.11. The topological polar surface area (TPSA) is 92.7 Å². The van der Waals surface area contributed by atoms with E-state index in [1.54, 1.807) is 12.1 Å². The van der Waals surface area contributed by atoms with Crippen molar-refractivity contribution in [2.75, 3.05) is 7.11 Å². The number of benzene rings is 1. The number of rotatable bonds is 9. The molecule has 0 aliphatic heterocycles. The number of halogens is 2. The number of carbonyl (C=O) groups is 3. The first-order chi connectivity index (χ1) is 13.8. The molecule has 1 aliphatic carbocycles. The van der Waals surface area contributed by atoms with Gasteiger partial charge in [0.1, 0.15) is 0 Å². The number of carboxylic acid groups (broad SMARTS) is 1.